The zero-order valence-corrected chi connectivity index (χ0v) is 12.6. The first-order valence-electron chi connectivity index (χ1n) is 4.56. The van der Waals surface area contributed by atoms with E-state index in [2.05, 4.69) is 57.0 Å². The molecule has 0 heterocycles. The molecule has 0 aliphatic carbocycles. The summed E-state index contributed by atoms with van der Waals surface area (Å²) in [4.78, 5) is 6.87. The molecule has 0 aliphatic rings. The topological polar surface area (TPSA) is 9.72 Å². The Labute approximate surface area is 96.1 Å². The van der Waals surface area contributed by atoms with Crippen molar-refractivity contribution in [2.45, 2.75) is 16.6 Å². The van der Waals surface area contributed by atoms with Crippen LogP contribution in [0.1, 0.15) is 6.42 Å². The van der Waals surface area contributed by atoms with Gasteiger partial charge in [0, 0.05) is 0 Å². The Bertz CT molecular complexity index is 124. The Hall–Kier alpha value is 0.679. The van der Waals surface area contributed by atoms with Gasteiger partial charge in [-0.3, -0.25) is 0 Å². The van der Waals surface area contributed by atoms with Crippen LogP contribution in [0, 0.1) is 0 Å². The summed E-state index contributed by atoms with van der Waals surface area (Å²) < 4.78 is 1.28. The molecule has 3 nitrogen and oxygen atoms in total. The summed E-state index contributed by atoms with van der Waals surface area (Å²) in [5.41, 5.74) is 0. The molecular weight excluding hydrogens is 269 g/mol. The second-order valence-corrected chi connectivity index (χ2v) is 5.38. The van der Waals surface area contributed by atoms with Crippen LogP contribution in [0.4, 0.5) is 0 Å². The van der Waals surface area contributed by atoms with Crippen LogP contribution in [-0.4, -0.2) is 85.3 Å². The zero-order valence-electron chi connectivity index (χ0n) is 9.76. The molecule has 0 aromatic carbocycles. The molecule has 0 atom stereocenters. The summed E-state index contributed by atoms with van der Waals surface area (Å²) in [6.07, 6.45) is 1.19. The minimum atomic E-state index is 0.0728. The van der Waals surface area contributed by atoms with E-state index in [9.17, 15) is 0 Å². The molecule has 4 heteroatoms. The molecule has 0 saturated carbocycles. The van der Waals surface area contributed by atoms with Crippen LogP contribution in [0.15, 0.2) is 0 Å². The van der Waals surface area contributed by atoms with Crippen LogP contribution in [0.3, 0.4) is 0 Å². The molecule has 0 fully saturated rings. The number of rotatable bonds is 5. The normalized spacial score (nSPS) is 13.4. The van der Waals surface area contributed by atoms with Gasteiger partial charge in [0.2, 0.25) is 0 Å². The number of nitrogens with zero attached hydrogens (tertiary/aromatic N) is 3. The first kappa shape index (κ1) is 13.7. The predicted octanol–water partition coefficient (Wildman–Crippen LogP) is 0.302. The van der Waals surface area contributed by atoms with Crippen LogP contribution in [0.5, 0.6) is 0 Å². The molecule has 0 aromatic heterocycles. The summed E-state index contributed by atoms with van der Waals surface area (Å²) in [5.74, 6) is 0.0728. The third-order valence-electron chi connectivity index (χ3n) is 2.61. The van der Waals surface area contributed by atoms with E-state index in [-0.39, 0.29) is 5.79 Å². The Morgan fingerprint density at radius 3 is 1.23 bits per heavy atom. The van der Waals surface area contributed by atoms with Gasteiger partial charge in [0.15, 0.2) is 0 Å². The van der Waals surface area contributed by atoms with Crippen molar-refractivity contribution in [2.24, 2.45) is 0 Å². The van der Waals surface area contributed by atoms with Crippen LogP contribution < -0.4 is 0 Å². The van der Waals surface area contributed by atoms with Gasteiger partial charge < -0.3 is 0 Å². The summed E-state index contributed by atoms with van der Waals surface area (Å²) in [6, 6.07) is 0. The standard InChI is InChI=1S/C9H22N3.Sn/c1-8-9(10(2)3,11(4)5)12(6)7;/h1,8H2,2-7H3;. The van der Waals surface area contributed by atoms with E-state index in [1.807, 2.05) is 0 Å². The summed E-state index contributed by atoms with van der Waals surface area (Å²) in [5, 5.41) is 0. The van der Waals surface area contributed by atoms with Gasteiger partial charge in [0.1, 0.15) is 0 Å². The van der Waals surface area contributed by atoms with E-state index in [1.54, 1.807) is 22.5 Å². The molecule has 0 spiro atoms. The zero-order chi connectivity index (χ0) is 10.6. The first-order chi connectivity index (χ1) is 5.89. The van der Waals surface area contributed by atoms with Crippen LogP contribution in [0.25, 0.3) is 0 Å². The molecule has 0 N–H and O–H groups in total. The summed E-state index contributed by atoms with van der Waals surface area (Å²) >= 11 is 1.61. The molecule has 0 amide bonds. The molecule has 13 heavy (non-hydrogen) atoms. The fourth-order valence-corrected chi connectivity index (χ4v) is 3.00. The molecule has 0 bridgehead atoms. The second kappa shape index (κ2) is 5.53. The number of hydrogen-bond donors (Lipinski definition) is 0. The van der Waals surface area contributed by atoms with Crippen LogP contribution in [-0.2, 0) is 0 Å². The minimum absolute atomic E-state index is 0.0728. The Morgan fingerprint density at radius 2 is 1.15 bits per heavy atom. The van der Waals surface area contributed by atoms with Crippen LogP contribution >= 0.6 is 0 Å². The maximum atomic E-state index is 2.29. The molecule has 0 unspecified atom stereocenters. The van der Waals surface area contributed by atoms with E-state index in [0.717, 1.165) is 0 Å². The van der Waals surface area contributed by atoms with Crippen molar-refractivity contribution < 1.29 is 0 Å². The average Bonchev–Trinajstić information content (AvgIpc) is 1.97. The summed E-state index contributed by atoms with van der Waals surface area (Å²) in [6.45, 7) is 0. The van der Waals surface area contributed by atoms with Crippen molar-refractivity contribution in [3.05, 3.63) is 0 Å². The van der Waals surface area contributed by atoms with Gasteiger partial charge in [0.05, 0.1) is 0 Å². The van der Waals surface area contributed by atoms with E-state index in [4.69, 9.17) is 0 Å². The van der Waals surface area contributed by atoms with E-state index >= 15 is 0 Å². The van der Waals surface area contributed by atoms with Crippen molar-refractivity contribution >= 4 is 22.5 Å². The van der Waals surface area contributed by atoms with Gasteiger partial charge in [-0.25, -0.2) is 0 Å². The Morgan fingerprint density at radius 1 is 0.846 bits per heavy atom. The first-order valence-corrected chi connectivity index (χ1v) is 6.58. The van der Waals surface area contributed by atoms with Gasteiger partial charge in [-0.15, -0.1) is 0 Å². The van der Waals surface area contributed by atoms with Gasteiger partial charge in [-0.1, -0.05) is 0 Å². The molecule has 77 valence electrons. The van der Waals surface area contributed by atoms with Crippen LogP contribution in [0.2, 0.25) is 4.44 Å². The molecule has 0 aliphatic heterocycles. The van der Waals surface area contributed by atoms with E-state index < -0.39 is 0 Å². The number of hydrogen-bond acceptors (Lipinski definition) is 3. The van der Waals surface area contributed by atoms with Crippen molar-refractivity contribution in [1.82, 2.24) is 14.7 Å². The fraction of sp³-hybridized carbons (Fsp3) is 1.00. The molecular formula is C9H22N3Sn. The van der Waals surface area contributed by atoms with Gasteiger partial charge >= 0.3 is 96.2 Å². The third-order valence-corrected chi connectivity index (χ3v) is 3.32. The average molecular weight is 291 g/mol. The Kier molecular flexibility index (Phi) is 5.82. The monoisotopic (exact) mass is 292 g/mol. The second-order valence-electron chi connectivity index (χ2n) is 3.96. The van der Waals surface area contributed by atoms with Gasteiger partial charge in [-0.05, 0) is 0 Å². The molecule has 0 aromatic rings. The van der Waals surface area contributed by atoms with Crippen molar-refractivity contribution in [1.29, 1.82) is 0 Å². The van der Waals surface area contributed by atoms with Gasteiger partial charge in [0.25, 0.3) is 0 Å². The van der Waals surface area contributed by atoms with E-state index in [1.165, 1.54) is 10.9 Å². The van der Waals surface area contributed by atoms with Crippen molar-refractivity contribution in [2.75, 3.05) is 42.3 Å². The van der Waals surface area contributed by atoms with Crippen molar-refractivity contribution in [3.8, 4) is 0 Å². The molecule has 0 saturated heterocycles. The SMILES string of the molecule is CN(C)C(C[CH2][Sn])(N(C)C)N(C)C. The third kappa shape index (κ3) is 2.81. The summed E-state index contributed by atoms with van der Waals surface area (Å²) in [7, 11) is 12.9. The molecule has 0 rings (SSSR count). The molecule has 3 radical (unpaired) electrons. The van der Waals surface area contributed by atoms with Crippen molar-refractivity contribution in [3.63, 3.8) is 0 Å². The van der Waals surface area contributed by atoms with E-state index in [0.29, 0.717) is 0 Å². The quantitative estimate of drug-likeness (QED) is 0.533. The van der Waals surface area contributed by atoms with Gasteiger partial charge in [-0.2, -0.15) is 0 Å². The fourth-order valence-electron chi connectivity index (χ4n) is 2.04. The predicted molar refractivity (Wildman–Crippen MR) is 59.0 cm³/mol. The Balaban J connectivity index is 4.82. The maximum absolute atomic E-state index is 2.29.